The maximum absolute atomic E-state index is 12.1. The molecule has 0 radical (unpaired) electrons. The fraction of sp³-hybridized carbons (Fsp3) is 0.867. The summed E-state index contributed by atoms with van der Waals surface area (Å²) in [6.07, 6.45) is 5.99. The number of nitrogens with one attached hydrogen (secondary N) is 1. The molecular formula is C15H29NO4S2. The Hall–Kier alpha value is -0.400. The minimum atomic E-state index is -1.03. The van der Waals surface area contributed by atoms with Crippen LogP contribution in [0.4, 0.5) is 0 Å². The lowest BCUT2D eigenvalue weighted by Gasteiger charge is -2.32. The fourth-order valence-electron chi connectivity index (χ4n) is 2.07. The van der Waals surface area contributed by atoms with Gasteiger partial charge in [0.1, 0.15) is 12.1 Å². The normalized spacial score (nSPS) is 14.4. The molecule has 0 aromatic rings. The highest BCUT2D eigenvalue weighted by Crippen LogP contribution is 2.32. The second-order valence-electron chi connectivity index (χ2n) is 5.45. The maximum atomic E-state index is 12.1. The summed E-state index contributed by atoms with van der Waals surface area (Å²) < 4.78 is 4.07. The van der Waals surface area contributed by atoms with E-state index in [1.807, 2.05) is 0 Å². The molecule has 0 aromatic heterocycles. The number of ether oxygens (including phenoxy) is 1. The average molecular weight is 352 g/mol. The van der Waals surface area contributed by atoms with E-state index in [9.17, 15) is 9.59 Å². The van der Waals surface area contributed by atoms with Crippen molar-refractivity contribution < 1.29 is 19.4 Å². The van der Waals surface area contributed by atoms with Crippen molar-refractivity contribution in [3.63, 3.8) is 0 Å². The lowest BCUT2D eigenvalue weighted by Crippen LogP contribution is -2.55. The van der Waals surface area contributed by atoms with E-state index < -0.39 is 28.1 Å². The maximum Gasteiger partial charge on any atom is 0.325 e. The number of carboxylic acids is 1. The predicted octanol–water partition coefficient (Wildman–Crippen LogP) is 2.90. The van der Waals surface area contributed by atoms with Gasteiger partial charge in [-0.05, 0) is 20.3 Å². The highest BCUT2D eigenvalue weighted by atomic mass is 32.2. The molecule has 0 aliphatic carbocycles. The molecule has 0 saturated heterocycles. The van der Waals surface area contributed by atoms with E-state index >= 15 is 0 Å². The van der Waals surface area contributed by atoms with Gasteiger partial charge in [0.05, 0.1) is 10.7 Å². The van der Waals surface area contributed by atoms with Gasteiger partial charge in [-0.2, -0.15) is 25.3 Å². The lowest BCUT2D eigenvalue weighted by atomic mass is 10.0. The predicted molar refractivity (Wildman–Crippen MR) is 94.7 cm³/mol. The molecule has 0 rings (SSSR count). The first kappa shape index (κ1) is 21.6. The molecule has 1 unspecified atom stereocenters. The number of hydrogen-bond acceptors (Lipinski definition) is 6. The van der Waals surface area contributed by atoms with Gasteiger partial charge in [-0.25, -0.2) is 0 Å². The average Bonchev–Trinajstić information content (AvgIpc) is 2.43. The third-order valence-electron chi connectivity index (χ3n) is 3.42. The number of rotatable bonds is 12. The zero-order chi connectivity index (χ0) is 17.2. The smallest absolute Gasteiger partial charge is 0.325 e. The van der Waals surface area contributed by atoms with Crippen LogP contribution in [0.5, 0.6) is 0 Å². The monoisotopic (exact) mass is 351 g/mol. The highest BCUT2D eigenvalue weighted by Gasteiger charge is 2.39. The van der Waals surface area contributed by atoms with Gasteiger partial charge in [0.25, 0.3) is 0 Å². The van der Waals surface area contributed by atoms with E-state index in [1.165, 1.54) is 13.3 Å². The Morgan fingerprint density at radius 2 is 1.77 bits per heavy atom. The minimum Gasteiger partial charge on any atom is -0.480 e. The summed E-state index contributed by atoms with van der Waals surface area (Å²) in [5.74, 6) is -1.55. The standard InChI is InChI=1S/C15H29NO4S2/c1-4-6-7-8-9-10-15(21,22)12(14(19)20-5-2)16-11(3)13(17)18/h11-12,16,21-22H,4-10H2,1-3H3,(H,17,18)/t11-,12?/m0/s1. The number of aliphatic carboxylic acids is 1. The van der Waals surface area contributed by atoms with Crippen LogP contribution in [0.2, 0.25) is 0 Å². The summed E-state index contributed by atoms with van der Waals surface area (Å²) in [6.45, 7) is 5.56. The summed E-state index contributed by atoms with van der Waals surface area (Å²) in [4.78, 5) is 23.1. The second kappa shape index (κ2) is 11.2. The van der Waals surface area contributed by atoms with Crippen LogP contribution in [0.15, 0.2) is 0 Å². The molecule has 0 saturated carbocycles. The van der Waals surface area contributed by atoms with Crippen molar-refractivity contribution in [2.45, 2.75) is 75.5 Å². The summed E-state index contributed by atoms with van der Waals surface area (Å²) in [5, 5.41) is 11.8. The fourth-order valence-corrected chi connectivity index (χ4v) is 2.75. The molecule has 0 bridgehead atoms. The number of carboxylic acid groups (broad SMARTS) is 1. The first-order valence-corrected chi connectivity index (χ1v) is 8.75. The van der Waals surface area contributed by atoms with Gasteiger partial charge >= 0.3 is 11.9 Å². The van der Waals surface area contributed by atoms with Gasteiger partial charge in [0.15, 0.2) is 0 Å². The summed E-state index contributed by atoms with van der Waals surface area (Å²) in [6, 6.07) is -1.76. The Morgan fingerprint density at radius 3 is 2.27 bits per heavy atom. The molecule has 22 heavy (non-hydrogen) atoms. The lowest BCUT2D eigenvalue weighted by molar-refractivity contribution is -0.147. The Labute approximate surface area is 144 Å². The van der Waals surface area contributed by atoms with Gasteiger partial charge in [-0.15, -0.1) is 0 Å². The third kappa shape index (κ3) is 8.29. The first-order chi connectivity index (χ1) is 10.3. The van der Waals surface area contributed by atoms with Crippen LogP contribution < -0.4 is 5.32 Å². The molecule has 0 spiro atoms. The van der Waals surface area contributed by atoms with Crippen molar-refractivity contribution in [1.82, 2.24) is 5.32 Å². The number of hydrogen-bond donors (Lipinski definition) is 4. The van der Waals surface area contributed by atoms with Crippen LogP contribution in [0.25, 0.3) is 0 Å². The number of esters is 1. The van der Waals surface area contributed by atoms with E-state index in [-0.39, 0.29) is 6.61 Å². The van der Waals surface area contributed by atoms with E-state index in [0.29, 0.717) is 6.42 Å². The van der Waals surface area contributed by atoms with Crippen molar-refractivity contribution in [3.05, 3.63) is 0 Å². The van der Waals surface area contributed by atoms with Crippen molar-refractivity contribution >= 4 is 37.2 Å². The Kier molecular flexibility index (Phi) is 11.0. The number of unbranched alkanes of at least 4 members (excludes halogenated alkanes) is 4. The largest absolute Gasteiger partial charge is 0.480 e. The Balaban J connectivity index is 4.73. The molecule has 0 aliphatic heterocycles. The third-order valence-corrected chi connectivity index (χ3v) is 4.38. The van der Waals surface area contributed by atoms with Gasteiger partial charge in [0, 0.05) is 0 Å². The van der Waals surface area contributed by atoms with Gasteiger partial charge in [-0.1, -0.05) is 39.0 Å². The molecule has 0 fully saturated rings. The quantitative estimate of drug-likeness (QED) is 0.188. The summed E-state index contributed by atoms with van der Waals surface area (Å²) in [7, 11) is 0. The summed E-state index contributed by atoms with van der Waals surface area (Å²) >= 11 is 8.98. The molecule has 7 heteroatoms. The van der Waals surface area contributed by atoms with Gasteiger partial charge in [-0.3, -0.25) is 14.9 Å². The van der Waals surface area contributed by atoms with Crippen LogP contribution in [-0.4, -0.2) is 39.8 Å². The van der Waals surface area contributed by atoms with Gasteiger partial charge in [0.2, 0.25) is 0 Å². The first-order valence-electron chi connectivity index (χ1n) is 7.86. The van der Waals surface area contributed by atoms with E-state index in [4.69, 9.17) is 9.84 Å². The molecule has 0 amide bonds. The topological polar surface area (TPSA) is 75.6 Å². The zero-order valence-electron chi connectivity index (χ0n) is 13.7. The number of thiol groups is 2. The highest BCUT2D eigenvalue weighted by molar-refractivity contribution is 8.00. The molecule has 2 N–H and O–H groups in total. The molecule has 0 aliphatic rings. The number of carbonyl (C=O) groups is 2. The van der Waals surface area contributed by atoms with Crippen molar-refractivity contribution in [3.8, 4) is 0 Å². The van der Waals surface area contributed by atoms with Crippen LogP contribution in [0, 0.1) is 0 Å². The Morgan fingerprint density at radius 1 is 1.18 bits per heavy atom. The Bertz CT molecular complexity index is 350. The van der Waals surface area contributed by atoms with Crippen LogP contribution in [0.3, 0.4) is 0 Å². The molecule has 2 atom stereocenters. The minimum absolute atomic E-state index is 0.229. The van der Waals surface area contributed by atoms with Crippen molar-refractivity contribution in [1.29, 1.82) is 0 Å². The van der Waals surface area contributed by atoms with Crippen LogP contribution >= 0.6 is 25.3 Å². The molecule has 130 valence electrons. The van der Waals surface area contributed by atoms with Crippen molar-refractivity contribution in [2.24, 2.45) is 0 Å². The number of carbonyl (C=O) groups excluding carboxylic acids is 1. The zero-order valence-corrected chi connectivity index (χ0v) is 15.5. The molecule has 0 heterocycles. The van der Waals surface area contributed by atoms with E-state index in [0.717, 1.165) is 25.7 Å². The van der Waals surface area contributed by atoms with E-state index in [2.05, 4.69) is 37.5 Å². The molecular weight excluding hydrogens is 322 g/mol. The SMILES string of the molecule is CCCCCCCC(S)(S)C(N[C@@H](C)C(=O)O)C(=O)OCC. The van der Waals surface area contributed by atoms with E-state index in [1.54, 1.807) is 6.92 Å². The summed E-state index contributed by atoms with van der Waals surface area (Å²) in [5.41, 5.74) is 0. The van der Waals surface area contributed by atoms with Gasteiger partial charge < -0.3 is 9.84 Å². The molecule has 0 aromatic carbocycles. The molecule has 5 nitrogen and oxygen atoms in total. The van der Waals surface area contributed by atoms with Crippen LogP contribution in [0.1, 0.15) is 59.3 Å². The second-order valence-corrected chi connectivity index (χ2v) is 7.40. The van der Waals surface area contributed by atoms with Crippen LogP contribution in [-0.2, 0) is 14.3 Å². The van der Waals surface area contributed by atoms with Crippen molar-refractivity contribution in [2.75, 3.05) is 6.61 Å².